The summed E-state index contributed by atoms with van der Waals surface area (Å²) in [5.41, 5.74) is 3.13. The molecule has 0 heterocycles. The van der Waals surface area contributed by atoms with E-state index in [0.29, 0.717) is 0 Å². The third kappa shape index (κ3) is 5.86. The van der Waals surface area contributed by atoms with Crippen molar-refractivity contribution in [2.75, 3.05) is 0 Å². The van der Waals surface area contributed by atoms with E-state index in [0.717, 1.165) is 11.8 Å². The maximum Gasteiger partial charge on any atom is -0.0149 e. The molecule has 2 aromatic carbocycles. The summed E-state index contributed by atoms with van der Waals surface area (Å²) in [7, 11) is 0. The van der Waals surface area contributed by atoms with Crippen LogP contribution in [-0.2, 0) is 12.8 Å². The van der Waals surface area contributed by atoms with E-state index in [-0.39, 0.29) is 0 Å². The zero-order chi connectivity index (χ0) is 18.8. The third-order valence-electron chi connectivity index (χ3n) is 6.21. The van der Waals surface area contributed by atoms with Crippen LogP contribution in [0.3, 0.4) is 0 Å². The van der Waals surface area contributed by atoms with Crippen molar-refractivity contribution in [1.29, 1.82) is 0 Å². The Hall–Kier alpha value is -1.30. The molecule has 0 amide bonds. The zero-order valence-electron chi connectivity index (χ0n) is 17.7. The first-order chi connectivity index (χ1) is 12.7. The van der Waals surface area contributed by atoms with Gasteiger partial charge in [0.2, 0.25) is 0 Å². The Morgan fingerprint density at radius 3 is 1.38 bits per heavy atom. The molecule has 0 bridgehead atoms. The second-order valence-electron chi connectivity index (χ2n) is 8.17. The van der Waals surface area contributed by atoms with Gasteiger partial charge in [0, 0.05) is 0 Å². The molecule has 144 valence electrons. The summed E-state index contributed by atoms with van der Waals surface area (Å²) < 4.78 is 0. The van der Waals surface area contributed by atoms with Crippen LogP contribution in [0.15, 0.2) is 36.4 Å². The van der Waals surface area contributed by atoms with Crippen molar-refractivity contribution < 1.29 is 0 Å². The van der Waals surface area contributed by atoms with Gasteiger partial charge in [-0.2, -0.15) is 0 Å². The average Bonchev–Trinajstić information content (AvgIpc) is 2.68. The number of hydrogen-bond acceptors (Lipinski definition) is 0. The number of benzene rings is 2. The summed E-state index contributed by atoms with van der Waals surface area (Å²) in [5.74, 6) is 1.66. The summed E-state index contributed by atoms with van der Waals surface area (Å²) in [5, 5.41) is 3.01. The minimum Gasteiger partial charge on any atom is -0.0654 e. The molecule has 0 heteroatoms. The lowest BCUT2D eigenvalue weighted by Crippen LogP contribution is -2.06. The fraction of sp³-hybridized carbons (Fsp3) is 0.615. The van der Waals surface area contributed by atoms with Gasteiger partial charge in [-0.15, -0.1) is 0 Å². The molecule has 2 unspecified atom stereocenters. The molecule has 0 aliphatic carbocycles. The van der Waals surface area contributed by atoms with Crippen LogP contribution >= 0.6 is 0 Å². The highest BCUT2D eigenvalue weighted by molar-refractivity contribution is 5.88. The highest BCUT2D eigenvalue weighted by Gasteiger charge is 2.13. The van der Waals surface area contributed by atoms with Crippen molar-refractivity contribution in [2.45, 2.75) is 91.9 Å². The van der Waals surface area contributed by atoms with Gasteiger partial charge >= 0.3 is 0 Å². The number of unbranched alkanes of at least 4 members (excludes halogenated alkanes) is 2. The number of hydrogen-bond donors (Lipinski definition) is 0. The smallest absolute Gasteiger partial charge is 0.0149 e. The quantitative estimate of drug-likeness (QED) is 0.360. The molecular formula is C26H40. The van der Waals surface area contributed by atoms with Crippen molar-refractivity contribution in [3.8, 4) is 0 Å². The Morgan fingerprint density at radius 2 is 1.04 bits per heavy atom. The summed E-state index contributed by atoms with van der Waals surface area (Å²) >= 11 is 0. The van der Waals surface area contributed by atoms with Crippen molar-refractivity contribution in [1.82, 2.24) is 0 Å². The van der Waals surface area contributed by atoms with E-state index in [2.05, 4.69) is 64.1 Å². The largest absolute Gasteiger partial charge is 0.0654 e. The second-order valence-corrected chi connectivity index (χ2v) is 8.17. The van der Waals surface area contributed by atoms with Gasteiger partial charge in [0.05, 0.1) is 0 Å². The predicted octanol–water partition coefficient (Wildman–Crippen LogP) is 8.36. The molecule has 0 saturated heterocycles. The van der Waals surface area contributed by atoms with Crippen molar-refractivity contribution in [2.24, 2.45) is 11.8 Å². The van der Waals surface area contributed by atoms with Gasteiger partial charge in [0.1, 0.15) is 0 Å². The minimum absolute atomic E-state index is 0.831. The van der Waals surface area contributed by atoms with E-state index in [1.165, 1.54) is 75.0 Å². The van der Waals surface area contributed by atoms with Gasteiger partial charge in [0.25, 0.3) is 0 Å². The van der Waals surface area contributed by atoms with E-state index in [4.69, 9.17) is 0 Å². The van der Waals surface area contributed by atoms with E-state index in [9.17, 15) is 0 Å². The molecule has 0 spiro atoms. The fourth-order valence-electron chi connectivity index (χ4n) is 4.30. The molecule has 2 aromatic rings. The molecule has 26 heavy (non-hydrogen) atoms. The molecule has 0 radical (unpaired) electrons. The minimum atomic E-state index is 0.831. The molecule has 0 aliphatic rings. The van der Waals surface area contributed by atoms with Crippen molar-refractivity contribution in [3.05, 3.63) is 47.5 Å². The molecule has 0 fully saturated rings. The second kappa shape index (κ2) is 11.4. The van der Waals surface area contributed by atoms with Gasteiger partial charge in [0.15, 0.2) is 0 Å². The Balaban J connectivity index is 2.24. The highest BCUT2D eigenvalue weighted by atomic mass is 14.2. The van der Waals surface area contributed by atoms with E-state index in [1.807, 2.05) is 0 Å². The fourth-order valence-corrected chi connectivity index (χ4v) is 4.30. The lowest BCUT2D eigenvalue weighted by molar-refractivity contribution is 0.449. The highest BCUT2D eigenvalue weighted by Crippen LogP contribution is 2.29. The summed E-state index contributed by atoms with van der Waals surface area (Å²) in [6.07, 6.45) is 13.2. The topological polar surface area (TPSA) is 0 Å². The maximum absolute atomic E-state index is 2.37. The lowest BCUT2D eigenvalue weighted by atomic mass is 9.86. The van der Waals surface area contributed by atoms with Crippen molar-refractivity contribution >= 4 is 10.8 Å². The summed E-state index contributed by atoms with van der Waals surface area (Å²) in [4.78, 5) is 0. The van der Waals surface area contributed by atoms with Crippen LogP contribution in [0.25, 0.3) is 10.8 Å². The molecular weight excluding hydrogens is 312 g/mol. The molecule has 2 atom stereocenters. The Morgan fingerprint density at radius 1 is 0.615 bits per heavy atom. The van der Waals surface area contributed by atoms with Crippen LogP contribution in [0.5, 0.6) is 0 Å². The van der Waals surface area contributed by atoms with Crippen LogP contribution in [0.4, 0.5) is 0 Å². The van der Waals surface area contributed by atoms with Gasteiger partial charge in [-0.25, -0.2) is 0 Å². The molecule has 0 N–H and O–H groups in total. The summed E-state index contributed by atoms with van der Waals surface area (Å²) in [6, 6.07) is 14.0. The molecule has 0 aromatic heterocycles. The average molecular weight is 353 g/mol. The molecule has 2 rings (SSSR count). The zero-order valence-corrected chi connectivity index (χ0v) is 17.7. The van der Waals surface area contributed by atoms with Crippen LogP contribution in [-0.4, -0.2) is 0 Å². The normalized spacial score (nSPS) is 13.8. The monoisotopic (exact) mass is 352 g/mol. The number of rotatable bonds is 12. The van der Waals surface area contributed by atoms with Crippen LogP contribution in [0.1, 0.15) is 90.2 Å². The number of fused-ring (bicyclic) bond motifs is 1. The Bertz CT molecular complexity index is 582. The van der Waals surface area contributed by atoms with Gasteiger partial charge in [-0.05, 0) is 46.6 Å². The first-order valence-electron chi connectivity index (χ1n) is 11.2. The Labute approximate surface area is 162 Å². The lowest BCUT2D eigenvalue weighted by Gasteiger charge is -2.19. The first-order valence-corrected chi connectivity index (χ1v) is 11.2. The van der Waals surface area contributed by atoms with Gasteiger partial charge in [-0.1, -0.05) is 115 Å². The van der Waals surface area contributed by atoms with Crippen LogP contribution in [0.2, 0.25) is 0 Å². The molecule has 0 aliphatic heterocycles. The van der Waals surface area contributed by atoms with E-state index in [1.54, 1.807) is 11.1 Å². The third-order valence-corrected chi connectivity index (χ3v) is 6.21. The van der Waals surface area contributed by atoms with Crippen LogP contribution in [0, 0.1) is 11.8 Å². The van der Waals surface area contributed by atoms with Gasteiger partial charge in [-0.3, -0.25) is 0 Å². The maximum atomic E-state index is 2.37. The molecule has 0 saturated carbocycles. The van der Waals surface area contributed by atoms with Crippen molar-refractivity contribution in [3.63, 3.8) is 0 Å². The van der Waals surface area contributed by atoms with E-state index < -0.39 is 0 Å². The predicted molar refractivity (Wildman–Crippen MR) is 118 cm³/mol. The van der Waals surface area contributed by atoms with Gasteiger partial charge < -0.3 is 0 Å². The van der Waals surface area contributed by atoms with Crippen LogP contribution < -0.4 is 0 Å². The molecule has 0 nitrogen and oxygen atoms in total. The SMILES string of the molecule is CCCCC(CC)Cc1cccc2c(CC(CC)CCCC)cccc12. The standard InChI is InChI=1S/C26H40/c1-5-9-13-21(7-3)19-23-15-11-18-26-24(16-12-17-25(23)26)20-22(8-4)14-10-6-2/h11-12,15-18,21-22H,5-10,13-14,19-20H2,1-4H3. The first kappa shape index (κ1) is 21.0. The Kier molecular flexibility index (Phi) is 9.23. The van der Waals surface area contributed by atoms with E-state index >= 15 is 0 Å². The summed E-state index contributed by atoms with van der Waals surface area (Å²) in [6.45, 7) is 9.33.